The highest BCUT2D eigenvalue weighted by molar-refractivity contribution is 5.38. The minimum absolute atomic E-state index is 0.586. The van der Waals surface area contributed by atoms with Gasteiger partial charge < -0.3 is 5.73 Å². The van der Waals surface area contributed by atoms with Gasteiger partial charge in [0, 0.05) is 6.20 Å². The van der Waals surface area contributed by atoms with Crippen LogP contribution in [0.1, 0.15) is 22.3 Å². The van der Waals surface area contributed by atoms with E-state index in [1.165, 1.54) is 22.3 Å². The number of hydrogen-bond acceptors (Lipinski definition) is 2. The highest BCUT2D eigenvalue weighted by Gasteiger charge is 2.01. The molecule has 0 fully saturated rings. The van der Waals surface area contributed by atoms with Gasteiger partial charge in [0.25, 0.3) is 0 Å². The van der Waals surface area contributed by atoms with E-state index in [2.05, 4.69) is 37.0 Å². The molecule has 2 N–H and O–H groups in total. The smallest absolute Gasteiger partial charge is 0.123 e. The molecule has 2 heteroatoms. The summed E-state index contributed by atoms with van der Waals surface area (Å²) in [5.74, 6) is 0.586. The van der Waals surface area contributed by atoms with Crippen molar-refractivity contribution in [3.8, 4) is 0 Å². The zero-order valence-electron chi connectivity index (χ0n) is 9.70. The number of anilines is 1. The van der Waals surface area contributed by atoms with Crippen LogP contribution in [0.2, 0.25) is 0 Å². The second-order valence-electron chi connectivity index (χ2n) is 4.20. The summed E-state index contributed by atoms with van der Waals surface area (Å²) in [7, 11) is 0. The molecule has 0 saturated heterocycles. The van der Waals surface area contributed by atoms with Crippen LogP contribution in [0.4, 0.5) is 5.82 Å². The van der Waals surface area contributed by atoms with Crippen LogP contribution in [0.5, 0.6) is 0 Å². The quantitative estimate of drug-likeness (QED) is 0.831. The SMILES string of the molecule is Cc1ccc(C)c(Cc2ccnc(N)c2)c1. The molecule has 16 heavy (non-hydrogen) atoms. The molecule has 1 aromatic carbocycles. The normalized spacial score (nSPS) is 10.4. The van der Waals surface area contributed by atoms with E-state index in [0.29, 0.717) is 5.82 Å². The number of benzene rings is 1. The van der Waals surface area contributed by atoms with Gasteiger partial charge in [-0.3, -0.25) is 0 Å². The molecule has 0 aliphatic heterocycles. The van der Waals surface area contributed by atoms with Crippen LogP contribution >= 0.6 is 0 Å². The lowest BCUT2D eigenvalue weighted by Crippen LogP contribution is -1.95. The first kappa shape index (κ1) is 10.7. The third-order valence-corrected chi connectivity index (χ3v) is 2.74. The Kier molecular flexibility index (Phi) is 2.91. The summed E-state index contributed by atoms with van der Waals surface area (Å²) in [5, 5.41) is 0. The van der Waals surface area contributed by atoms with Crippen molar-refractivity contribution >= 4 is 5.82 Å². The first-order valence-electron chi connectivity index (χ1n) is 5.41. The van der Waals surface area contributed by atoms with Crippen LogP contribution in [-0.2, 0) is 6.42 Å². The van der Waals surface area contributed by atoms with E-state index in [9.17, 15) is 0 Å². The molecule has 2 rings (SSSR count). The van der Waals surface area contributed by atoms with E-state index >= 15 is 0 Å². The summed E-state index contributed by atoms with van der Waals surface area (Å²) in [5.41, 5.74) is 10.8. The second-order valence-corrected chi connectivity index (χ2v) is 4.20. The maximum absolute atomic E-state index is 5.67. The maximum Gasteiger partial charge on any atom is 0.123 e. The van der Waals surface area contributed by atoms with E-state index < -0.39 is 0 Å². The van der Waals surface area contributed by atoms with Crippen LogP contribution in [0.3, 0.4) is 0 Å². The molecule has 0 aliphatic carbocycles. The molecule has 0 aliphatic rings. The summed E-state index contributed by atoms with van der Waals surface area (Å²) in [4.78, 5) is 4.00. The third-order valence-electron chi connectivity index (χ3n) is 2.74. The lowest BCUT2D eigenvalue weighted by atomic mass is 9.99. The van der Waals surface area contributed by atoms with Gasteiger partial charge >= 0.3 is 0 Å². The van der Waals surface area contributed by atoms with E-state index in [4.69, 9.17) is 5.73 Å². The lowest BCUT2D eigenvalue weighted by molar-refractivity contribution is 1.13. The number of nitrogens with two attached hydrogens (primary N) is 1. The molecule has 0 amide bonds. The maximum atomic E-state index is 5.67. The highest BCUT2D eigenvalue weighted by Crippen LogP contribution is 2.16. The molecule has 0 unspecified atom stereocenters. The number of pyridine rings is 1. The van der Waals surface area contributed by atoms with Crippen molar-refractivity contribution < 1.29 is 0 Å². The predicted octanol–water partition coefficient (Wildman–Crippen LogP) is 2.87. The summed E-state index contributed by atoms with van der Waals surface area (Å²) in [6, 6.07) is 10.5. The van der Waals surface area contributed by atoms with E-state index in [0.717, 1.165) is 6.42 Å². The van der Waals surface area contributed by atoms with Gasteiger partial charge in [-0.2, -0.15) is 0 Å². The molecule has 0 radical (unpaired) electrons. The Balaban J connectivity index is 2.30. The van der Waals surface area contributed by atoms with Gasteiger partial charge in [0.1, 0.15) is 5.82 Å². The average Bonchev–Trinajstić information content (AvgIpc) is 2.24. The summed E-state index contributed by atoms with van der Waals surface area (Å²) in [6.07, 6.45) is 2.68. The van der Waals surface area contributed by atoms with Gasteiger partial charge in [0.05, 0.1) is 0 Å². The molecule has 0 atom stereocenters. The Bertz CT molecular complexity index is 504. The zero-order valence-corrected chi connectivity index (χ0v) is 9.70. The fourth-order valence-electron chi connectivity index (χ4n) is 1.81. The van der Waals surface area contributed by atoms with Crippen molar-refractivity contribution in [1.29, 1.82) is 0 Å². The van der Waals surface area contributed by atoms with Gasteiger partial charge in [-0.05, 0) is 49.1 Å². The molecular weight excluding hydrogens is 196 g/mol. The average molecular weight is 212 g/mol. The predicted molar refractivity (Wildman–Crippen MR) is 67.4 cm³/mol. The monoisotopic (exact) mass is 212 g/mol. The zero-order chi connectivity index (χ0) is 11.5. The van der Waals surface area contributed by atoms with Crippen LogP contribution in [0.25, 0.3) is 0 Å². The molecule has 0 spiro atoms. The molecule has 2 aromatic rings. The number of nitrogens with zero attached hydrogens (tertiary/aromatic N) is 1. The standard InChI is InChI=1S/C14H16N2/c1-10-3-4-11(2)13(7-10)8-12-5-6-16-14(15)9-12/h3-7,9H,8H2,1-2H3,(H2,15,16). The Morgan fingerprint density at radius 2 is 1.94 bits per heavy atom. The number of nitrogen functional groups attached to an aromatic ring is 1. The van der Waals surface area contributed by atoms with Crippen LogP contribution < -0.4 is 5.73 Å². The Morgan fingerprint density at radius 1 is 1.12 bits per heavy atom. The first-order chi connectivity index (χ1) is 7.65. The Hall–Kier alpha value is -1.83. The summed E-state index contributed by atoms with van der Waals surface area (Å²) < 4.78 is 0. The van der Waals surface area contributed by atoms with E-state index in [-0.39, 0.29) is 0 Å². The molecule has 2 nitrogen and oxygen atoms in total. The van der Waals surface area contributed by atoms with E-state index in [1.807, 2.05) is 12.1 Å². The Morgan fingerprint density at radius 3 is 2.69 bits per heavy atom. The molecule has 1 heterocycles. The first-order valence-corrected chi connectivity index (χ1v) is 5.41. The van der Waals surface area contributed by atoms with Crippen molar-refractivity contribution in [3.63, 3.8) is 0 Å². The van der Waals surface area contributed by atoms with Gasteiger partial charge in [0.15, 0.2) is 0 Å². The number of rotatable bonds is 2. The van der Waals surface area contributed by atoms with Gasteiger partial charge in [-0.15, -0.1) is 0 Å². The topological polar surface area (TPSA) is 38.9 Å². The van der Waals surface area contributed by atoms with Crippen molar-refractivity contribution in [2.45, 2.75) is 20.3 Å². The fourth-order valence-corrected chi connectivity index (χ4v) is 1.81. The lowest BCUT2D eigenvalue weighted by Gasteiger charge is -2.07. The fraction of sp³-hybridized carbons (Fsp3) is 0.214. The highest BCUT2D eigenvalue weighted by atomic mass is 14.8. The minimum Gasteiger partial charge on any atom is -0.384 e. The number of aryl methyl sites for hydroxylation is 2. The van der Waals surface area contributed by atoms with E-state index in [1.54, 1.807) is 6.20 Å². The number of aromatic nitrogens is 1. The van der Waals surface area contributed by atoms with Crippen LogP contribution in [0, 0.1) is 13.8 Å². The van der Waals surface area contributed by atoms with Crippen LogP contribution in [-0.4, -0.2) is 4.98 Å². The summed E-state index contributed by atoms with van der Waals surface area (Å²) in [6.45, 7) is 4.25. The van der Waals surface area contributed by atoms with Crippen LogP contribution in [0.15, 0.2) is 36.5 Å². The summed E-state index contributed by atoms with van der Waals surface area (Å²) >= 11 is 0. The minimum atomic E-state index is 0.586. The largest absolute Gasteiger partial charge is 0.384 e. The van der Waals surface area contributed by atoms with Gasteiger partial charge in [0.2, 0.25) is 0 Å². The Labute approximate surface area is 96.1 Å². The van der Waals surface area contributed by atoms with Crippen molar-refractivity contribution in [1.82, 2.24) is 4.98 Å². The van der Waals surface area contributed by atoms with Gasteiger partial charge in [-0.25, -0.2) is 4.98 Å². The molecule has 0 bridgehead atoms. The van der Waals surface area contributed by atoms with Crippen molar-refractivity contribution in [2.24, 2.45) is 0 Å². The van der Waals surface area contributed by atoms with Crippen molar-refractivity contribution in [2.75, 3.05) is 5.73 Å². The number of hydrogen-bond donors (Lipinski definition) is 1. The molecule has 82 valence electrons. The van der Waals surface area contributed by atoms with Gasteiger partial charge in [-0.1, -0.05) is 23.8 Å². The molecule has 1 aromatic heterocycles. The second kappa shape index (κ2) is 4.35. The molecular formula is C14H16N2. The third kappa shape index (κ3) is 2.40. The molecule has 0 saturated carbocycles. The van der Waals surface area contributed by atoms with Crippen molar-refractivity contribution in [3.05, 3.63) is 58.8 Å².